The van der Waals surface area contributed by atoms with Crippen LogP contribution in [0.4, 0.5) is 0 Å². The zero-order valence-corrected chi connectivity index (χ0v) is 12.9. The molecule has 1 aliphatic carbocycles. The van der Waals surface area contributed by atoms with Crippen LogP contribution in [0.5, 0.6) is 0 Å². The van der Waals surface area contributed by atoms with Gasteiger partial charge < -0.3 is 11.1 Å². The van der Waals surface area contributed by atoms with Crippen LogP contribution in [0, 0.1) is 5.92 Å². The number of rotatable bonds is 6. The Morgan fingerprint density at radius 1 is 1.24 bits per heavy atom. The minimum atomic E-state index is 0.574. The summed E-state index contributed by atoms with van der Waals surface area (Å²) in [5.74, 6) is 1.91. The van der Waals surface area contributed by atoms with Crippen molar-refractivity contribution in [1.82, 2.24) is 5.32 Å². The van der Waals surface area contributed by atoms with Gasteiger partial charge in [0.1, 0.15) is 0 Å². The summed E-state index contributed by atoms with van der Waals surface area (Å²) in [6.45, 7) is 1.68. The lowest BCUT2D eigenvalue weighted by molar-refractivity contribution is 0.791. The van der Waals surface area contributed by atoms with E-state index in [2.05, 4.69) is 58.2 Å². The van der Waals surface area contributed by atoms with Crippen molar-refractivity contribution in [3.05, 3.63) is 58.3 Å². The maximum absolute atomic E-state index is 5.92. The molecule has 2 unspecified atom stereocenters. The summed E-state index contributed by atoms with van der Waals surface area (Å²) in [5, 5.41) is 5.29. The summed E-state index contributed by atoms with van der Waals surface area (Å²) in [6.07, 6.45) is 2.24. The summed E-state index contributed by atoms with van der Waals surface area (Å²) >= 11 is 1.78. The number of nitrogens with one attached hydrogen (secondary N) is 1. The molecule has 0 aliphatic heterocycles. The van der Waals surface area contributed by atoms with Gasteiger partial charge in [-0.05, 0) is 41.7 Å². The van der Waals surface area contributed by atoms with Gasteiger partial charge in [-0.15, -0.1) is 11.3 Å². The van der Waals surface area contributed by atoms with E-state index in [1.807, 2.05) is 0 Å². The van der Waals surface area contributed by atoms with Gasteiger partial charge in [-0.3, -0.25) is 4.99 Å². The summed E-state index contributed by atoms with van der Waals surface area (Å²) in [6, 6.07) is 14.9. The van der Waals surface area contributed by atoms with Crippen molar-refractivity contribution in [2.45, 2.75) is 18.8 Å². The topological polar surface area (TPSA) is 50.4 Å². The van der Waals surface area contributed by atoms with Gasteiger partial charge in [-0.25, -0.2) is 0 Å². The van der Waals surface area contributed by atoms with E-state index in [1.54, 1.807) is 11.3 Å². The number of nitrogens with zero attached hydrogens (tertiary/aromatic N) is 1. The van der Waals surface area contributed by atoms with Crippen molar-refractivity contribution < 1.29 is 0 Å². The molecule has 1 aliphatic rings. The van der Waals surface area contributed by atoms with E-state index in [9.17, 15) is 0 Å². The molecular weight excluding hydrogens is 278 g/mol. The third-order valence-corrected chi connectivity index (χ3v) is 4.84. The lowest BCUT2D eigenvalue weighted by atomic mass is 10.1. The smallest absolute Gasteiger partial charge is 0.188 e. The first kappa shape index (κ1) is 14.1. The SMILES string of the molecule is NC(=NCC1CC1c1ccccc1)NCCc1cccs1. The molecule has 1 aromatic carbocycles. The zero-order valence-electron chi connectivity index (χ0n) is 12.0. The molecule has 0 amide bonds. The number of hydrogen-bond acceptors (Lipinski definition) is 2. The molecule has 1 heterocycles. The molecule has 0 radical (unpaired) electrons. The maximum Gasteiger partial charge on any atom is 0.188 e. The Morgan fingerprint density at radius 2 is 2.10 bits per heavy atom. The molecule has 3 N–H and O–H groups in total. The molecule has 0 spiro atoms. The number of guanidine groups is 1. The summed E-state index contributed by atoms with van der Waals surface area (Å²) in [7, 11) is 0. The van der Waals surface area contributed by atoms with Crippen LogP contribution in [-0.2, 0) is 6.42 Å². The van der Waals surface area contributed by atoms with Gasteiger partial charge in [0.05, 0.1) is 0 Å². The van der Waals surface area contributed by atoms with Crippen molar-refractivity contribution in [2.75, 3.05) is 13.1 Å². The summed E-state index contributed by atoms with van der Waals surface area (Å²) in [5.41, 5.74) is 7.35. The predicted octanol–water partition coefficient (Wildman–Crippen LogP) is 3.00. The van der Waals surface area contributed by atoms with Gasteiger partial charge >= 0.3 is 0 Å². The molecule has 3 nitrogen and oxygen atoms in total. The van der Waals surface area contributed by atoms with Crippen molar-refractivity contribution in [3.63, 3.8) is 0 Å². The van der Waals surface area contributed by atoms with Crippen LogP contribution in [0.25, 0.3) is 0 Å². The Kier molecular flexibility index (Phi) is 4.55. The Hall–Kier alpha value is -1.81. The average Bonchev–Trinajstić information content (AvgIpc) is 3.12. The van der Waals surface area contributed by atoms with E-state index in [1.165, 1.54) is 16.9 Å². The van der Waals surface area contributed by atoms with E-state index in [0.717, 1.165) is 19.5 Å². The van der Waals surface area contributed by atoms with Gasteiger partial charge in [0.25, 0.3) is 0 Å². The van der Waals surface area contributed by atoms with E-state index in [0.29, 0.717) is 17.8 Å². The second-order valence-corrected chi connectivity index (χ2v) is 6.53. The second kappa shape index (κ2) is 6.76. The fourth-order valence-electron chi connectivity index (χ4n) is 2.60. The van der Waals surface area contributed by atoms with Crippen molar-refractivity contribution >= 4 is 17.3 Å². The minimum absolute atomic E-state index is 0.574. The summed E-state index contributed by atoms with van der Waals surface area (Å²) < 4.78 is 0. The van der Waals surface area contributed by atoms with Crippen LogP contribution in [0.3, 0.4) is 0 Å². The van der Waals surface area contributed by atoms with E-state index in [4.69, 9.17) is 5.73 Å². The first-order valence-electron chi connectivity index (χ1n) is 7.44. The average molecular weight is 299 g/mol. The van der Waals surface area contributed by atoms with Crippen LogP contribution in [0.15, 0.2) is 52.8 Å². The van der Waals surface area contributed by atoms with E-state index in [-0.39, 0.29) is 0 Å². The number of hydrogen-bond donors (Lipinski definition) is 2. The molecule has 0 bridgehead atoms. The molecule has 1 aromatic heterocycles. The fourth-order valence-corrected chi connectivity index (χ4v) is 3.31. The molecule has 1 saturated carbocycles. The number of nitrogens with two attached hydrogens (primary N) is 1. The largest absolute Gasteiger partial charge is 0.370 e. The molecule has 110 valence electrons. The molecule has 1 fully saturated rings. The number of benzene rings is 1. The highest BCUT2D eigenvalue weighted by Crippen LogP contribution is 2.47. The Bertz CT molecular complexity index is 577. The number of thiophene rings is 1. The molecule has 2 atom stereocenters. The Morgan fingerprint density at radius 3 is 2.86 bits per heavy atom. The van der Waals surface area contributed by atoms with Gasteiger partial charge in [0.15, 0.2) is 5.96 Å². The van der Waals surface area contributed by atoms with Crippen molar-refractivity contribution in [1.29, 1.82) is 0 Å². The highest BCUT2D eigenvalue weighted by molar-refractivity contribution is 7.09. The fraction of sp³-hybridized carbons (Fsp3) is 0.353. The second-order valence-electron chi connectivity index (χ2n) is 5.50. The third kappa shape index (κ3) is 4.08. The first-order chi connectivity index (χ1) is 10.3. The highest BCUT2D eigenvalue weighted by Gasteiger charge is 2.37. The predicted molar refractivity (Wildman–Crippen MR) is 89.8 cm³/mol. The molecule has 4 heteroatoms. The third-order valence-electron chi connectivity index (χ3n) is 3.90. The molecule has 3 rings (SSSR count). The lowest BCUT2D eigenvalue weighted by Crippen LogP contribution is -2.33. The zero-order chi connectivity index (χ0) is 14.5. The van der Waals surface area contributed by atoms with Gasteiger partial charge in [0, 0.05) is 18.0 Å². The van der Waals surface area contributed by atoms with E-state index >= 15 is 0 Å². The quantitative estimate of drug-likeness (QED) is 0.636. The Balaban J connectivity index is 1.38. The van der Waals surface area contributed by atoms with Crippen molar-refractivity contribution in [2.24, 2.45) is 16.6 Å². The van der Waals surface area contributed by atoms with Crippen LogP contribution in [-0.4, -0.2) is 19.0 Å². The molecular formula is C17H21N3S. The van der Waals surface area contributed by atoms with Gasteiger partial charge in [0.2, 0.25) is 0 Å². The van der Waals surface area contributed by atoms with Gasteiger partial charge in [-0.2, -0.15) is 0 Å². The van der Waals surface area contributed by atoms with E-state index < -0.39 is 0 Å². The van der Waals surface area contributed by atoms with Crippen LogP contribution < -0.4 is 11.1 Å². The number of aliphatic imine (C=N–C) groups is 1. The first-order valence-corrected chi connectivity index (χ1v) is 8.32. The van der Waals surface area contributed by atoms with Crippen LogP contribution in [0.2, 0.25) is 0 Å². The van der Waals surface area contributed by atoms with Crippen LogP contribution >= 0.6 is 11.3 Å². The normalized spacial score (nSPS) is 21.2. The molecule has 21 heavy (non-hydrogen) atoms. The molecule has 2 aromatic rings. The van der Waals surface area contributed by atoms with Crippen LogP contribution in [0.1, 0.15) is 22.8 Å². The monoisotopic (exact) mass is 299 g/mol. The van der Waals surface area contributed by atoms with Gasteiger partial charge in [-0.1, -0.05) is 36.4 Å². The maximum atomic E-state index is 5.92. The highest BCUT2D eigenvalue weighted by atomic mass is 32.1. The minimum Gasteiger partial charge on any atom is -0.370 e. The lowest BCUT2D eigenvalue weighted by Gasteiger charge is -2.04. The standard InChI is InChI=1S/C17H21N3S/c18-17(19-9-8-15-7-4-10-21-15)20-12-14-11-16(14)13-5-2-1-3-6-13/h1-7,10,14,16H,8-9,11-12H2,(H3,18,19,20). The molecule has 0 saturated heterocycles. The van der Waals surface area contributed by atoms with Crippen molar-refractivity contribution in [3.8, 4) is 0 Å². The Labute approximate surface area is 129 Å². The summed E-state index contributed by atoms with van der Waals surface area (Å²) in [4.78, 5) is 5.84.